The molecule has 0 bridgehead atoms. The summed E-state index contributed by atoms with van der Waals surface area (Å²) in [5, 5.41) is 36.5. The van der Waals surface area contributed by atoms with Crippen molar-refractivity contribution in [1.29, 1.82) is 0 Å². The molecule has 44 heavy (non-hydrogen) atoms. The lowest BCUT2D eigenvalue weighted by Crippen LogP contribution is -2.75. The van der Waals surface area contributed by atoms with Gasteiger partial charge in [-0.05, 0) is 81.8 Å². The van der Waals surface area contributed by atoms with E-state index in [1.165, 1.54) is 6.07 Å². The van der Waals surface area contributed by atoms with Gasteiger partial charge in [0.05, 0.1) is 17.6 Å². The van der Waals surface area contributed by atoms with Crippen LogP contribution in [0.1, 0.15) is 32.7 Å². The van der Waals surface area contributed by atoms with Gasteiger partial charge in [0.25, 0.3) is 5.91 Å². The highest BCUT2D eigenvalue weighted by atomic mass is 16.3. The monoisotopic (exact) mass is 606 g/mol. The first-order valence-electron chi connectivity index (χ1n) is 14.6. The maximum absolute atomic E-state index is 14.0. The molecule has 2 amide bonds. The first kappa shape index (κ1) is 31.5. The van der Waals surface area contributed by atoms with Gasteiger partial charge in [-0.2, -0.15) is 0 Å². The van der Waals surface area contributed by atoms with E-state index in [4.69, 9.17) is 5.73 Å². The predicted octanol–water partition coefficient (Wildman–Crippen LogP) is -0.383. The van der Waals surface area contributed by atoms with Crippen LogP contribution in [0.25, 0.3) is 11.1 Å². The van der Waals surface area contributed by atoms with Gasteiger partial charge >= 0.3 is 0 Å². The summed E-state index contributed by atoms with van der Waals surface area (Å²) in [4.78, 5) is 70.1. The van der Waals surface area contributed by atoms with Crippen molar-refractivity contribution in [3.8, 4) is 16.9 Å². The van der Waals surface area contributed by atoms with Crippen molar-refractivity contribution < 1.29 is 39.3 Å². The molecule has 5 rings (SSSR count). The van der Waals surface area contributed by atoms with Crippen molar-refractivity contribution in [2.24, 2.45) is 29.4 Å². The number of benzene rings is 2. The van der Waals surface area contributed by atoms with E-state index in [0.29, 0.717) is 35.3 Å². The van der Waals surface area contributed by atoms with Gasteiger partial charge in [-0.15, -0.1) is 0 Å². The molecule has 0 saturated heterocycles. The Morgan fingerprint density at radius 1 is 1.07 bits per heavy atom. The quantitative estimate of drug-likeness (QED) is 0.260. The number of phenols is 1. The van der Waals surface area contributed by atoms with Gasteiger partial charge in [0, 0.05) is 30.6 Å². The number of nitrogens with two attached hydrogens (primary N) is 1. The van der Waals surface area contributed by atoms with E-state index in [1.807, 2.05) is 19.0 Å². The predicted molar refractivity (Wildman–Crippen MR) is 159 cm³/mol. The molecule has 2 aromatic rings. The molecular formula is C32H38N4O8. The lowest BCUT2D eigenvalue weighted by atomic mass is 9.52. The Balaban J connectivity index is 1.56. The van der Waals surface area contributed by atoms with Crippen molar-refractivity contribution in [3.05, 3.63) is 53.1 Å². The number of hydrogen-bond acceptors (Lipinski definition) is 10. The third kappa shape index (κ3) is 4.91. The fourth-order valence-electron chi connectivity index (χ4n) is 7.42. The average Bonchev–Trinajstić information content (AvgIpc) is 2.94. The molecule has 3 unspecified atom stereocenters. The van der Waals surface area contributed by atoms with Crippen molar-refractivity contribution in [1.82, 2.24) is 15.1 Å². The number of phenolic OH excluding ortho intramolecular Hbond substituents is 1. The number of rotatable bonds is 7. The highest BCUT2D eigenvalue weighted by Gasteiger charge is 2.69. The fourth-order valence-corrected chi connectivity index (χ4v) is 7.42. The summed E-state index contributed by atoms with van der Waals surface area (Å²) in [6, 6.07) is 8.89. The number of carbonyl (C=O) groups is 5. The second-order valence-electron chi connectivity index (χ2n) is 12.6. The van der Waals surface area contributed by atoms with Crippen LogP contribution >= 0.6 is 0 Å². The largest absolute Gasteiger partial charge is 0.507 e. The lowest BCUT2D eigenvalue weighted by molar-refractivity contribution is -0.190. The Hall–Kier alpha value is -3.97. The number of carbonyl (C=O) groups excluding carboxylic acids is 5. The average molecular weight is 607 g/mol. The van der Waals surface area contributed by atoms with E-state index in [2.05, 4.69) is 5.32 Å². The number of amides is 2. The van der Waals surface area contributed by atoms with Gasteiger partial charge in [0.2, 0.25) is 5.91 Å². The Kier molecular flexibility index (Phi) is 8.23. The topological polar surface area (TPSA) is 191 Å². The molecule has 12 nitrogen and oxygen atoms in total. The second kappa shape index (κ2) is 11.5. The zero-order valence-electron chi connectivity index (χ0n) is 25.1. The molecule has 2 aromatic carbocycles. The third-order valence-corrected chi connectivity index (χ3v) is 9.45. The number of fused-ring (bicyclic) bond motifs is 3. The van der Waals surface area contributed by atoms with Crippen LogP contribution in [0.3, 0.4) is 0 Å². The lowest BCUT2D eigenvalue weighted by Gasteiger charge is -2.54. The number of nitrogens with zero attached hydrogens (tertiary/aromatic N) is 2. The molecule has 0 aliphatic heterocycles. The molecule has 0 aromatic heterocycles. The molecule has 12 heteroatoms. The first-order chi connectivity index (χ1) is 20.7. The number of aliphatic hydroxyl groups is 2. The number of Topliss-reactive ketones (excluding diaryl/α,β-unsaturated/α-hetero) is 3. The molecule has 234 valence electrons. The highest BCUT2D eigenvalue weighted by molar-refractivity contribution is 6.25. The summed E-state index contributed by atoms with van der Waals surface area (Å²) in [6.45, 7) is 1.12. The number of ketones is 3. The molecule has 0 radical (unpaired) electrons. The van der Waals surface area contributed by atoms with Crippen LogP contribution in [0, 0.1) is 23.7 Å². The SMILES string of the molecule is CN(C)CCNC(=O)c1cccc(-c2ccc(O)c3c2C[C@@H]2C[C@@H]4[C@@H](N(C)C)C(O)C(C(N)=O)C(=O)[C@]4(O)C(=O)C2C3=O)c1. The number of nitrogens with one attached hydrogen (secondary N) is 1. The number of aliphatic hydroxyl groups excluding tert-OH is 1. The minimum absolute atomic E-state index is 0.0125. The molecule has 3 aliphatic rings. The van der Waals surface area contributed by atoms with Gasteiger partial charge in [-0.3, -0.25) is 24.0 Å². The maximum atomic E-state index is 14.0. The Morgan fingerprint density at radius 3 is 2.41 bits per heavy atom. The molecule has 0 heterocycles. The van der Waals surface area contributed by atoms with Gasteiger partial charge in [0.15, 0.2) is 23.0 Å². The highest BCUT2D eigenvalue weighted by Crippen LogP contribution is 2.52. The maximum Gasteiger partial charge on any atom is 0.251 e. The summed E-state index contributed by atoms with van der Waals surface area (Å²) >= 11 is 0. The van der Waals surface area contributed by atoms with Crippen molar-refractivity contribution >= 4 is 29.2 Å². The van der Waals surface area contributed by atoms with E-state index < -0.39 is 64.7 Å². The van der Waals surface area contributed by atoms with E-state index in [0.717, 1.165) is 0 Å². The molecule has 0 spiro atoms. The minimum atomic E-state index is -2.72. The zero-order chi connectivity index (χ0) is 32.2. The number of likely N-dealkylation sites (N-methyl/N-ethyl adjacent to an activating group) is 2. The summed E-state index contributed by atoms with van der Waals surface area (Å²) in [6.07, 6.45) is -1.41. The molecule has 6 N–H and O–H groups in total. The van der Waals surface area contributed by atoms with Crippen LogP contribution in [0.5, 0.6) is 5.75 Å². The van der Waals surface area contributed by atoms with Crippen molar-refractivity contribution in [2.45, 2.75) is 30.6 Å². The number of primary amides is 1. The van der Waals surface area contributed by atoms with Crippen LogP contribution in [0.4, 0.5) is 0 Å². The van der Waals surface area contributed by atoms with Crippen LogP contribution < -0.4 is 11.1 Å². The molecule has 2 saturated carbocycles. The minimum Gasteiger partial charge on any atom is -0.507 e. The molecule has 7 atom stereocenters. The standard InChI is InChI=1S/C32H38N4O8/c1-35(2)11-10-34-31(43)16-7-5-6-15(12-16)18-8-9-21(37)23-19(18)13-17-14-20-25(36(3)4)27(39)24(30(33)42)29(41)32(20,44)28(40)22(17)26(23)38/h5-9,12,17,20,22,24-25,27,37,39,44H,10-11,13-14H2,1-4H3,(H2,33,42)(H,34,43)/t17-,20-,22?,24?,25-,27?,32-/m1/s1. The van der Waals surface area contributed by atoms with Crippen LogP contribution in [-0.2, 0) is 20.8 Å². The van der Waals surface area contributed by atoms with Crippen LogP contribution in [-0.4, -0.2) is 113 Å². The Morgan fingerprint density at radius 2 is 1.77 bits per heavy atom. The molecule has 2 fully saturated rings. The van der Waals surface area contributed by atoms with Crippen molar-refractivity contribution in [2.75, 3.05) is 41.3 Å². The van der Waals surface area contributed by atoms with E-state index >= 15 is 0 Å². The number of aromatic hydroxyl groups is 1. The fraction of sp³-hybridized carbons (Fsp3) is 0.469. The number of hydrogen-bond donors (Lipinski definition) is 5. The Bertz CT molecular complexity index is 1550. The van der Waals surface area contributed by atoms with Gasteiger partial charge in [-0.1, -0.05) is 18.2 Å². The smallest absolute Gasteiger partial charge is 0.251 e. The summed E-state index contributed by atoms with van der Waals surface area (Å²) in [5.41, 5.74) is 4.75. The summed E-state index contributed by atoms with van der Waals surface area (Å²) in [7, 11) is 7.00. The molecular weight excluding hydrogens is 568 g/mol. The van der Waals surface area contributed by atoms with Gasteiger partial charge in [-0.25, -0.2) is 0 Å². The van der Waals surface area contributed by atoms with Crippen LogP contribution in [0.2, 0.25) is 0 Å². The normalized spacial score (nSPS) is 29.7. The zero-order valence-corrected chi connectivity index (χ0v) is 25.1. The summed E-state index contributed by atoms with van der Waals surface area (Å²) in [5.74, 6) is -9.85. The van der Waals surface area contributed by atoms with E-state index in [-0.39, 0.29) is 30.1 Å². The van der Waals surface area contributed by atoms with Crippen LogP contribution in [0.15, 0.2) is 36.4 Å². The van der Waals surface area contributed by atoms with E-state index in [1.54, 1.807) is 49.3 Å². The third-order valence-electron chi connectivity index (χ3n) is 9.45. The van der Waals surface area contributed by atoms with Crippen molar-refractivity contribution in [3.63, 3.8) is 0 Å². The second-order valence-corrected chi connectivity index (χ2v) is 12.6. The van der Waals surface area contributed by atoms with Gasteiger partial charge < -0.3 is 36.2 Å². The van der Waals surface area contributed by atoms with Gasteiger partial charge in [0.1, 0.15) is 11.7 Å². The summed E-state index contributed by atoms with van der Waals surface area (Å²) < 4.78 is 0. The van der Waals surface area contributed by atoms with E-state index in [9.17, 15) is 39.3 Å². The first-order valence-corrected chi connectivity index (χ1v) is 14.6. The molecule has 3 aliphatic carbocycles. The Labute approximate surface area is 254 Å².